The van der Waals surface area contributed by atoms with Gasteiger partial charge in [0.2, 0.25) is 10.0 Å². The summed E-state index contributed by atoms with van der Waals surface area (Å²) in [5, 5.41) is 11.3. The van der Waals surface area contributed by atoms with Crippen molar-refractivity contribution in [3.8, 4) is 0 Å². The average molecular weight is 297 g/mol. The van der Waals surface area contributed by atoms with E-state index < -0.39 is 15.6 Å². The van der Waals surface area contributed by atoms with Crippen LogP contribution in [0.15, 0.2) is 35.7 Å². The van der Waals surface area contributed by atoms with E-state index in [0.717, 1.165) is 11.0 Å². The van der Waals surface area contributed by atoms with E-state index in [0.29, 0.717) is 26.1 Å². The van der Waals surface area contributed by atoms with Crippen LogP contribution >= 0.6 is 0 Å². The Hall–Kier alpha value is -1.21. The van der Waals surface area contributed by atoms with Crippen LogP contribution in [0.4, 0.5) is 0 Å². The van der Waals surface area contributed by atoms with Gasteiger partial charge in [-0.2, -0.15) is 0 Å². The molecule has 1 aliphatic rings. The van der Waals surface area contributed by atoms with Crippen molar-refractivity contribution >= 4 is 16.1 Å². The Kier molecular flexibility index (Phi) is 4.93. The van der Waals surface area contributed by atoms with Gasteiger partial charge in [0.1, 0.15) is 0 Å². The largest absolute Gasteiger partial charge is 0.388 e. The predicted molar refractivity (Wildman–Crippen MR) is 77.4 cm³/mol. The minimum Gasteiger partial charge on any atom is -0.388 e. The van der Waals surface area contributed by atoms with Crippen LogP contribution in [0.2, 0.25) is 0 Å². The van der Waals surface area contributed by atoms with Gasteiger partial charge in [0.05, 0.1) is 5.60 Å². The van der Waals surface area contributed by atoms with Crippen LogP contribution in [0.5, 0.6) is 0 Å². The summed E-state index contributed by atoms with van der Waals surface area (Å²) in [6.45, 7) is 0.925. The first-order valence-corrected chi connectivity index (χ1v) is 8.07. The molecule has 0 spiro atoms. The molecule has 0 aromatic heterocycles. The predicted octanol–water partition coefficient (Wildman–Crippen LogP) is 1.12. The normalized spacial score (nSPS) is 19.2. The minimum absolute atomic E-state index is 0.0117. The zero-order chi connectivity index (χ0) is 14.5. The first kappa shape index (κ1) is 15.2. The zero-order valence-electron chi connectivity index (χ0n) is 11.2. The van der Waals surface area contributed by atoms with Gasteiger partial charge in [0, 0.05) is 38.0 Å². The maximum absolute atomic E-state index is 11.8. The molecule has 1 fully saturated rings. The first-order valence-electron chi connectivity index (χ1n) is 6.52. The maximum atomic E-state index is 11.8. The molecule has 20 heavy (non-hydrogen) atoms. The number of benzene rings is 1. The van der Waals surface area contributed by atoms with Crippen molar-refractivity contribution in [3.05, 3.63) is 41.3 Å². The third kappa shape index (κ3) is 4.72. The Morgan fingerprint density at radius 2 is 1.90 bits per heavy atom. The average Bonchev–Trinajstić information content (AvgIpc) is 2.46. The highest BCUT2D eigenvalue weighted by molar-refractivity contribution is 7.92. The summed E-state index contributed by atoms with van der Waals surface area (Å²) in [6, 6.07) is 9.18. The Bertz CT molecular complexity index is 548. The highest BCUT2D eigenvalue weighted by Crippen LogP contribution is 2.19. The smallest absolute Gasteiger partial charge is 0.233 e. The van der Waals surface area contributed by atoms with Crippen molar-refractivity contribution in [3.63, 3.8) is 0 Å². The molecule has 1 saturated heterocycles. The number of hydrogen-bond acceptors (Lipinski definition) is 4. The lowest BCUT2D eigenvalue weighted by Crippen LogP contribution is -2.46. The number of aliphatic hydroxyl groups is 1. The molecule has 1 aromatic carbocycles. The van der Waals surface area contributed by atoms with Crippen molar-refractivity contribution in [1.29, 1.82) is 0 Å². The molecular weight excluding hydrogens is 278 g/mol. The second-order valence-corrected chi connectivity index (χ2v) is 6.57. The molecule has 5 nitrogen and oxygen atoms in total. The molecule has 0 bridgehead atoms. The molecule has 0 saturated carbocycles. The van der Waals surface area contributed by atoms with Crippen LogP contribution < -0.4 is 4.72 Å². The number of sulfonamides is 1. The fourth-order valence-electron chi connectivity index (χ4n) is 1.94. The quantitative estimate of drug-likeness (QED) is 0.854. The van der Waals surface area contributed by atoms with Crippen LogP contribution in [0.25, 0.3) is 6.08 Å². The molecule has 0 amide bonds. The SMILES string of the molecule is O=S(=O)(/C=C/c1ccccc1)NCC1(O)CCOCC1. The lowest BCUT2D eigenvalue weighted by molar-refractivity contribution is -0.0588. The molecule has 1 aromatic rings. The fraction of sp³-hybridized carbons (Fsp3) is 0.429. The lowest BCUT2D eigenvalue weighted by atomic mass is 9.95. The van der Waals surface area contributed by atoms with Gasteiger partial charge in [-0.3, -0.25) is 0 Å². The Labute approximate surface area is 119 Å². The summed E-state index contributed by atoms with van der Waals surface area (Å²) in [4.78, 5) is 0. The third-order valence-electron chi connectivity index (χ3n) is 3.27. The number of ether oxygens (including phenoxy) is 1. The summed E-state index contributed by atoms with van der Waals surface area (Å²) in [5.74, 6) is 0. The zero-order valence-corrected chi connectivity index (χ0v) is 12.0. The van der Waals surface area contributed by atoms with Gasteiger partial charge in [0.25, 0.3) is 0 Å². The standard InChI is InChI=1S/C14H19NO4S/c16-14(7-9-19-10-8-14)12-15-20(17,18)11-6-13-4-2-1-3-5-13/h1-6,11,15-16H,7-10,12H2/b11-6+. The molecule has 2 rings (SSSR count). The van der Waals surface area contributed by atoms with E-state index in [1.807, 2.05) is 30.3 Å². The van der Waals surface area contributed by atoms with Gasteiger partial charge in [-0.15, -0.1) is 0 Å². The lowest BCUT2D eigenvalue weighted by Gasteiger charge is -2.31. The topological polar surface area (TPSA) is 75.6 Å². The highest BCUT2D eigenvalue weighted by Gasteiger charge is 2.30. The van der Waals surface area contributed by atoms with E-state index in [4.69, 9.17) is 4.74 Å². The van der Waals surface area contributed by atoms with Gasteiger partial charge in [-0.25, -0.2) is 13.1 Å². The van der Waals surface area contributed by atoms with Crippen LogP contribution in [0, 0.1) is 0 Å². The van der Waals surface area contributed by atoms with Crippen LogP contribution in [0.1, 0.15) is 18.4 Å². The number of rotatable bonds is 5. The van der Waals surface area contributed by atoms with Crippen molar-refractivity contribution in [1.82, 2.24) is 4.72 Å². The summed E-state index contributed by atoms with van der Waals surface area (Å²) < 4.78 is 31.3. The van der Waals surface area contributed by atoms with Gasteiger partial charge in [-0.1, -0.05) is 30.3 Å². The summed E-state index contributed by atoms with van der Waals surface area (Å²) in [7, 11) is -3.55. The molecule has 110 valence electrons. The molecule has 1 aliphatic heterocycles. The maximum Gasteiger partial charge on any atom is 0.233 e. The van der Waals surface area contributed by atoms with Gasteiger partial charge >= 0.3 is 0 Å². The van der Waals surface area contributed by atoms with Crippen molar-refractivity contribution in [2.45, 2.75) is 18.4 Å². The van der Waals surface area contributed by atoms with Crippen molar-refractivity contribution in [2.75, 3.05) is 19.8 Å². The second kappa shape index (κ2) is 6.49. The Morgan fingerprint density at radius 3 is 2.55 bits per heavy atom. The van der Waals surface area contributed by atoms with Crippen molar-refractivity contribution < 1.29 is 18.3 Å². The monoisotopic (exact) mass is 297 g/mol. The molecule has 1 heterocycles. The molecule has 0 radical (unpaired) electrons. The molecule has 6 heteroatoms. The first-order chi connectivity index (χ1) is 9.49. The van der Waals surface area contributed by atoms with E-state index in [2.05, 4.69) is 4.72 Å². The molecule has 0 aliphatic carbocycles. The summed E-state index contributed by atoms with van der Waals surface area (Å²) in [5.41, 5.74) is -0.200. The van der Waals surface area contributed by atoms with E-state index >= 15 is 0 Å². The van der Waals surface area contributed by atoms with Crippen LogP contribution in [-0.2, 0) is 14.8 Å². The van der Waals surface area contributed by atoms with Crippen LogP contribution in [0.3, 0.4) is 0 Å². The van der Waals surface area contributed by atoms with E-state index in [-0.39, 0.29) is 6.54 Å². The van der Waals surface area contributed by atoms with Crippen molar-refractivity contribution in [2.24, 2.45) is 0 Å². The van der Waals surface area contributed by atoms with E-state index in [1.54, 1.807) is 0 Å². The van der Waals surface area contributed by atoms with Gasteiger partial charge < -0.3 is 9.84 Å². The Balaban J connectivity index is 1.92. The summed E-state index contributed by atoms with van der Waals surface area (Å²) >= 11 is 0. The third-order valence-corrected chi connectivity index (χ3v) is 4.31. The molecule has 0 atom stereocenters. The van der Waals surface area contributed by atoms with Gasteiger partial charge in [0.15, 0.2) is 0 Å². The molecule has 2 N–H and O–H groups in total. The fourth-order valence-corrected chi connectivity index (χ4v) is 2.85. The van der Waals surface area contributed by atoms with Gasteiger partial charge in [-0.05, 0) is 11.6 Å². The number of nitrogens with one attached hydrogen (secondary N) is 1. The molecule has 0 unspecified atom stereocenters. The Morgan fingerprint density at radius 1 is 1.25 bits per heavy atom. The number of hydrogen-bond donors (Lipinski definition) is 2. The minimum atomic E-state index is -3.55. The second-order valence-electron chi connectivity index (χ2n) is 4.92. The molecular formula is C14H19NO4S. The van der Waals surface area contributed by atoms with Crippen LogP contribution in [-0.4, -0.2) is 38.9 Å². The van der Waals surface area contributed by atoms with E-state index in [9.17, 15) is 13.5 Å². The highest BCUT2D eigenvalue weighted by atomic mass is 32.2. The summed E-state index contributed by atoms with van der Waals surface area (Å²) in [6.07, 6.45) is 2.41. The van der Waals surface area contributed by atoms with E-state index in [1.165, 1.54) is 6.08 Å².